The average molecular weight is 284 g/mol. The minimum atomic E-state index is -0.413. The molecule has 2 rings (SSSR count). The van der Waals surface area contributed by atoms with E-state index in [0.29, 0.717) is 18.1 Å². The quantitative estimate of drug-likeness (QED) is 0.861. The molecule has 1 N–H and O–H groups in total. The van der Waals surface area contributed by atoms with Gasteiger partial charge in [0.25, 0.3) is 0 Å². The summed E-state index contributed by atoms with van der Waals surface area (Å²) in [5.41, 5.74) is -0.413. The Balaban J connectivity index is 1.71. The van der Waals surface area contributed by atoms with Crippen LogP contribution in [-0.4, -0.2) is 55.0 Å². The second kappa shape index (κ2) is 6.31. The Morgan fingerprint density at radius 1 is 1.40 bits per heavy atom. The zero-order valence-corrected chi connectivity index (χ0v) is 13.1. The summed E-state index contributed by atoms with van der Waals surface area (Å²) in [6.45, 7) is 11.2. The fourth-order valence-corrected chi connectivity index (χ4v) is 2.81. The van der Waals surface area contributed by atoms with Crippen molar-refractivity contribution < 1.29 is 14.3 Å². The zero-order chi connectivity index (χ0) is 14.8. The van der Waals surface area contributed by atoms with Gasteiger partial charge in [-0.25, -0.2) is 4.79 Å². The van der Waals surface area contributed by atoms with E-state index < -0.39 is 5.60 Å². The lowest BCUT2D eigenvalue weighted by molar-refractivity contribution is 0.0287. The fraction of sp³-hybridized carbons (Fsp3) is 0.933. The highest BCUT2D eigenvalue weighted by Crippen LogP contribution is 2.20. The molecule has 116 valence electrons. The molecule has 5 nitrogen and oxygen atoms in total. The van der Waals surface area contributed by atoms with Crippen LogP contribution in [0.5, 0.6) is 0 Å². The summed E-state index contributed by atoms with van der Waals surface area (Å²) >= 11 is 0. The molecular weight excluding hydrogens is 256 g/mol. The van der Waals surface area contributed by atoms with Gasteiger partial charge in [0, 0.05) is 32.3 Å². The van der Waals surface area contributed by atoms with Gasteiger partial charge in [0.05, 0.1) is 6.10 Å². The van der Waals surface area contributed by atoms with Gasteiger partial charge in [-0.1, -0.05) is 0 Å². The Morgan fingerprint density at radius 3 is 2.75 bits per heavy atom. The molecule has 0 aromatic rings. The molecule has 0 spiro atoms. The summed E-state index contributed by atoms with van der Waals surface area (Å²) in [7, 11) is 0. The number of hydrogen-bond acceptors (Lipinski definition) is 4. The summed E-state index contributed by atoms with van der Waals surface area (Å²) in [4.78, 5) is 13.8. The molecule has 0 aromatic heterocycles. The SMILES string of the molecule is C[C@@H]1OCC[C@H]1NC[C@H]1CCN(C(=O)OC(C)(C)C)C1. The third kappa shape index (κ3) is 4.35. The van der Waals surface area contributed by atoms with Crippen LogP contribution >= 0.6 is 0 Å². The van der Waals surface area contributed by atoms with Crippen LogP contribution in [0, 0.1) is 5.92 Å². The van der Waals surface area contributed by atoms with Crippen molar-refractivity contribution >= 4 is 6.09 Å². The molecule has 1 amide bonds. The number of carbonyl (C=O) groups is 1. The normalized spacial score (nSPS) is 30.8. The van der Waals surface area contributed by atoms with E-state index in [0.717, 1.165) is 39.1 Å². The Labute approximate surface area is 122 Å². The van der Waals surface area contributed by atoms with E-state index in [1.807, 2.05) is 25.7 Å². The van der Waals surface area contributed by atoms with Gasteiger partial charge in [0.1, 0.15) is 5.60 Å². The molecule has 0 unspecified atom stereocenters. The maximum absolute atomic E-state index is 12.0. The molecule has 2 aliphatic heterocycles. The Hall–Kier alpha value is -0.810. The van der Waals surface area contributed by atoms with Crippen LogP contribution in [-0.2, 0) is 9.47 Å². The van der Waals surface area contributed by atoms with Gasteiger partial charge < -0.3 is 19.7 Å². The number of likely N-dealkylation sites (tertiary alicyclic amines) is 1. The number of carbonyl (C=O) groups excluding carboxylic acids is 1. The van der Waals surface area contributed by atoms with Gasteiger partial charge in [-0.15, -0.1) is 0 Å². The molecule has 0 aliphatic carbocycles. The largest absolute Gasteiger partial charge is 0.444 e. The van der Waals surface area contributed by atoms with Gasteiger partial charge in [-0.05, 0) is 46.5 Å². The van der Waals surface area contributed by atoms with Gasteiger partial charge in [-0.3, -0.25) is 0 Å². The maximum atomic E-state index is 12.0. The average Bonchev–Trinajstić information content (AvgIpc) is 2.93. The molecule has 0 bridgehead atoms. The minimum Gasteiger partial charge on any atom is -0.444 e. The zero-order valence-electron chi connectivity index (χ0n) is 13.1. The smallest absolute Gasteiger partial charge is 0.410 e. The van der Waals surface area contributed by atoms with Gasteiger partial charge in [0.15, 0.2) is 0 Å². The van der Waals surface area contributed by atoms with Crippen LogP contribution in [0.3, 0.4) is 0 Å². The summed E-state index contributed by atoms with van der Waals surface area (Å²) < 4.78 is 11.0. The Morgan fingerprint density at radius 2 is 2.15 bits per heavy atom. The van der Waals surface area contributed by atoms with Crippen LogP contribution in [0.4, 0.5) is 4.79 Å². The monoisotopic (exact) mass is 284 g/mol. The highest BCUT2D eigenvalue weighted by atomic mass is 16.6. The van der Waals surface area contributed by atoms with Crippen molar-refractivity contribution in [2.45, 2.75) is 58.3 Å². The predicted molar refractivity (Wildman–Crippen MR) is 77.7 cm³/mol. The van der Waals surface area contributed by atoms with E-state index in [4.69, 9.17) is 9.47 Å². The molecule has 3 atom stereocenters. The van der Waals surface area contributed by atoms with E-state index in [9.17, 15) is 4.79 Å². The lowest BCUT2D eigenvalue weighted by Gasteiger charge is -2.24. The van der Waals surface area contributed by atoms with Crippen LogP contribution in [0.2, 0.25) is 0 Å². The van der Waals surface area contributed by atoms with E-state index in [-0.39, 0.29) is 6.09 Å². The molecule has 0 aromatic carbocycles. The van der Waals surface area contributed by atoms with E-state index >= 15 is 0 Å². The number of nitrogens with one attached hydrogen (secondary N) is 1. The second-order valence-electron chi connectivity index (χ2n) is 6.96. The lowest BCUT2D eigenvalue weighted by atomic mass is 10.1. The number of rotatable bonds is 3. The summed E-state index contributed by atoms with van der Waals surface area (Å²) in [5.74, 6) is 0.523. The number of amides is 1. The number of nitrogens with zero attached hydrogens (tertiary/aromatic N) is 1. The molecule has 2 fully saturated rings. The molecule has 2 saturated heterocycles. The highest BCUT2D eigenvalue weighted by Gasteiger charge is 2.31. The van der Waals surface area contributed by atoms with Crippen LogP contribution in [0.25, 0.3) is 0 Å². The van der Waals surface area contributed by atoms with E-state index in [1.165, 1.54) is 0 Å². The number of hydrogen-bond donors (Lipinski definition) is 1. The molecule has 2 heterocycles. The molecule has 5 heteroatoms. The minimum absolute atomic E-state index is 0.183. The Bertz CT molecular complexity index is 341. The molecular formula is C15H28N2O3. The van der Waals surface area contributed by atoms with E-state index in [1.54, 1.807) is 0 Å². The van der Waals surface area contributed by atoms with Crippen molar-refractivity contribution in [2.75, 3.05) is 26.2 Å². The predicted octanol–water partition coefficient (Wildman–Crippen LogP) is 2.01. The first-order chi connectivity index (χ1) is 9.35. The molecule has 2 aliphatic rings. The van der Waals surface area contributed by atoms with E-state index in [2.05, 4.69) is 12.2 Å². The van der Waals surface area contributed by atoms with Crippen molar-refractivity contribution in [3.05, 3.63) is 0 Å². The lowest BCUT2D eigenvalue weighted by Crippen LogP contribution is -2.39. The van der Waals surface area contributed by atoms with Crippen molar-refractivity contribution in [2.24, 2.45) is 5.92 Å². The van der Waals surface area contributed by atoms with Gasteiger partial charge in [-0.2, -0.15) is 0 Å². The molecule has 0 saturated carbocycles. The fourth-order valence-electron chi connectivity index (χ4n) is 2.81. The first-order valence-electron chi connectivity index (χ1n) is 7.68. The third-order valence-corrected chi connectivity index (χ3v) is 3.98. The second-order valence-corrected chi connectivity index (χ2v) is 6.96. The van der Waals surface area contributed by atoms with Crippen molar-refractivity contribution in [3.8, 4) is 0 Å². The van der Waals surface area contributed by atoms with Crippen LogP contribution in [0.15, 0.2) is 0 Å². The van der Waals surface area contributed by atoms with Crippen molar-refractivity contribution in [3.63, 3.8) is 0 Å². The summed E-state index contributed by atoms with van der Waals surface area (Å²) in [6, 6.07) is 0.463. The first kappa shape index (κ1) is 15.6. The first-order valence-corrected chi connectivity index (χ1v) is 7.68. The summed E-state index contributed by atoms with van der Waals surface area (Å²) in [5, 5.41) is 3.58. The Kier molecular flexibility index (Phi) is 4.91. The molecule has 0 radical (unpaired) electrons. The molecule has 20 heavy (non-hydrogen) atoms. The third-order valence-electron chi connectivity index (χ3n) is 3.98. The van der Waals surface area contributed by atoms with Crippen molar-refractivity contribution in [1.29, 1.82) is 0 Å². The summed E-state index contributed by atoms with van der Waals surface area (Å²) in [6.07, 6.45) is 2.26. The maximum Gasteiger partial charge on any atom is 0.410 e. The van der Waals surface area contributed by atoms with Crippen LogP contribution in [0.1, 0.15) is 40.5 Å². The van der Waals surface area contributed by atoms with Crippen LogP contribution < -0.4 is 5.32 Å². The highest BCUT2D eigenvalue weighted by molar-refractivity contribution is 5.68. The van der Waals surface area contributed by atoms with Gasteiger partial charge >= 0.3 is 6.09 Å². The van der Waals surface area contributed by atoms with Gasteiger partial charge in [0.2, 0.25) is 0 Å². The standard InChI is InChI=1S/C15H28N2O3/c1-11-13(6-8-19-11)16-9-12-5-7-17(10-12)14(18)20-15(2,3)4/h11-13,16H,5-10H2,1-4H3/t11-,12+,13+/m0/s1. The number of ether oxygens (including phenoxy) is 2. The topological polar surface area (TPSA) is 50.8 Å². The van der Waals surface area contributed by atoms with Crippen molar-refractivity contribution in [1.82, 2.24) is 10.2 Å².